The lowest BCUT2D eigenvalue weighted by Gasteiger charge is -2.19. The minimum absolute atomic E-state index is 0.0424. The molecule has 0 spiro atoms. The number of methoxy groups -OCH3 is 2. The van der Waals surface area contributed by atoms with Crippen LogP contribution >= 0.6 is 0 Å². The fourth-order valence-corrected chi connectivity index (χ4v) is 3.63. The van der Waals surface area contributed by atoms with Gasteiger partial charge in [0.1, 0.15) is 18.5 Å². The van der Waals surface area contributed by atoms with E-state index in [9.17, 15) is 9.59 Å². The number of alkyl carbamates (subject to hydrolysis) is 1. The molecule has 39 heavy (non-hydrogen) atoms. The van der Waals surface area contributed by atoms with Gasteiger partial charge in [-0.05, 0) is 44.5 Å². The highest BCUT2D eigenvalue weighted by atomic mass is 16.6. The van der Waals surface area contributed by atoms with Crippen molar-refractivity contribution in [3.05, 3.63) is 60.7 Å². The molecule has 4 rings (SSSR count). The summed E-state index contributed by atoms with van der Waals surface area (Å²) < 4.78 is 23.3. The van der Waals surface area contributed by atoms with Gasteiger partial charge in [-0.1, -0.05) is 12.1 Å². The van der Waals surface area contributed by atoms with Crippen molar-refractivity contribution >= 4 is 28.6 Å². The first-order valence-corrected chi connectivity index (χ1v) is 12.1. The van der Waals surface area contributed by atoms with Crippen LogP contribution < -0.4 is 24.8 Å². The number of ether oxygens (including phenoxy) is 4. The van der Waals surface area contributed by atoms with Gasteiger partial charge in [0.25, 0.3) is 0 Å². The molecule has 12 nitrogen and oxygen atoms in total. The number of hydrogen-bond donors (Lipinski definition) is 2. The van der Waals surface area contributed by atoms with Crippen molar-refractivity contribution in [2.45, 2.75) is 39.5 Å². The summed E-state index contributed by atoms with van der Waals surface area (Å²) in [5, 5.41) is 10.4. The molecule has 0 aliphatic carbocycles. The van der Waals surface area contributed by atoms with E-state index in [4.69, 9.17) is 18.9 Å². The Morgan fingerprint density at radius 3 is 2.54 bits per heavy atom. The molecule has 0 unspecified atom stereocenters. The second-order valence-electron chi connectivity index (χ2n) is 9.48. The number of carbonyl (C=O) groups excluding carboxylic acids is 2. The number of anilines is 1. The lowest BCUT2D eigenvalue weighted by atomic mass is 10.2. The Morgan fingerprint density at radius 1 is 1.03 bits per heavy atom. The molecule has 0 aliphatic rings. The summed E-state index contributed by atoms with van der Waals surface area (Å²) in [6, 6.07) is 10.6. The first-order valence-electron chi connectivity index (χ1n) is 12.1. The highest BCUT2D eigenvalue weighted by Crippen LogP contribution is 2.35. The summed E-state index contributed by atoms with van der Waals surface area (Å²) in [5.41, 5.74) is 1.43. The van der Waals surface area contributed by atoms with Gasteiger partial charge in [-0.15, -0.1) is 0 Å². The molecule has 204 valence electrons. The number of hydrogen-bond acceptors (Lipinski definition) is 9. The quantitative estimate of drug-likeness (QED) is 0.322. The Hall–Kier alpha value is -4.87. The zero-order valence-electron chi connectivity index (χ0n) is 22.3. The Morgan fingerprint density at radius 2 is 1.79 bits per heavy atom. The van der Waals surface area contributed by atoms with Crippen LogP contribution in [-0.4, -0.2) is 51.6 Å². The molecule has 2 heterocycles. The van der Waals surface area contributed by atoms with E-state index >= 15 is 0 Å². The van der Waals surface area contributed by atoms with Crippen LogP contribution in [0.25, 0.3) is 10.9 Å². The van der Waals surface area contributed by atoms with Gasteiger partial charge in [0.05, 0.1) is 37.5 Å². The zero-order valence-corrected chi connectivity index (χ0v) is 22.3. The summed E-state index contributed by atoms with van der Waals surface area (Å²) in [6.45, 7) is 5.60. The van der Waals surface area contributed by atoms with Crippen LogP contribution in [0.3, 0.4) is 0 Å². The highest BCUT2D eigenvalue weighted by Gasteiger charge is 2.16. The van der Waals surface area contributed by atoms with Crippen LogP contribution in [0.1, 0.15) is 26.3 Å². The van der Waals surface area contributed by atoms with Gasteiger partial charge < -0.3 is 29.6 Å². The molecule has 2 amide bonds. The second kappa shape index (κ2) is 11.7. The average molecular weight is 535 g/mol. The molecule has 0 aliphatic heterocycles. The van der Waals surface area contributed by atoms with Crippen LogP contribution in [-0.2, 0) is 22.6 Å². The van der Waals surface area contributed by atoms with Crippen molar-refractivity contribution in [3.63, 3.8) is 0 Å². The largest absolute Gasteiger partial charge is 0.493 e. The van der Waals surface area contributed by atoms with Gasteiger partial charge in [-0.2, -0.15) is 5.10 Å². The Labute approximate surface area is 225 Å². The molecule has 0 saturated carbocycles. The predicted molar refractivity (Wildman–Crippen MR) is 143 cm³/mol. The van der Waals surface area contributed by atoms with Gasteiger partial charge in [-0.3, -0.25) is 9.48 Å². The number of aromatic nitrogens is 4. The van der Waals surface area contributed by atoms with Crippen LogP contribution in [0.5, 0.6) is 23.1 Å². The van der Waals surface area contributed by atoms with E-state index in [1.165, 1.54) is 17.2 Å². The fourth-order valence-electron chi connectivity index (χ4n) is 3.63. The van der Waals surface area contributed by atoms with E-state index < -0.39 is 11.7 Å². The third-order valence-corrected chi connectivity index (χ3v) is 5.28. The number of benzene rings is 2. The lowest BCUT2D eigenvalue weighted by molar-refractivity contribution is -0.116. The molecule has 0 radical (unpaired) electrons. The first kappa shape index (κ1) is 27.2. The summed E-state index contributed by atoms with van der Waals surface area (Å²) in [6.07, 6.45) is 3.96. The van der Waals surface area contributed by atoms with Crippen LogP contribution in [0.4, 0.5) is 10.5 Å². The molecule has 0 saturated heterocycles. The van der Waals surface area contributed by atoms with Crippen molar-refractivity contribution in [3.8, 4) is 23.1 Å². The number of nitrogens with zero attached hydrogens (tertiary/aromatic N) is 4. The Balaban J connectivity index is 1.37. The Kier molecular flexibility index (Phi) is 8.13. The molecular weight excluding hydrogens is 504 g/mol. The van der Waals surface area contributed by atoms with Crippen molar-refractivity contribution in [2.24, 2.45) is 0 Å². The number of fused-ring (bicyclic) bond motifs is 1. The molecule has 0 fully saturated rings. The molecule has 2 aromatic heterocycles. The average Bonchev–Trinajstić information content (AvgIpc) is 3.32. The van der Waals surface area contributed by atoms with E-state index in [1.54, 1.807) is 71.5 Å². The fraction of sp³-hybridized carbons (Fsp3) is 0.296. The van der Waals surface area contributed by atoms with Gasteiger partial charge in [0.15, 0.2) is 17.2 Å². The summed E-state index contributed by atoms with van der Waals surface area (Å²) in [5.74, 6) is 1.47. The SMILES string of the molecule is COc1cc2ncnc(Oc3cnn(CC(=O)Nc4cccc(CNC(=O)OC(C)(C)C)c4)c3)c2cc1OC. The maximum absolute atomic E-state index is 12.6. The maximum atomic E-state index is 12.6. The number of amides is 2. The zero-order chi connectivity index (χ0) is 28.0. The molecule has 0 bridgehead atoms. The normalized spacial score (nSPS) is 11.1. The summed E-state index contributed by atoms with van der Waals surface area (Å²) in [7, 11) is 3.09. The lowest BCUT2D eigenvalue weighted by Crippen LogP contribution is -2.32. The third-order valence-electron chi connectivity index (χ3n) is 5.28. The topological polar surface area (TPSA) is 139 Å². The number of nitrogens with one attached hydrogen (secondary N) is 2. The first-order chi connectivity index (χ1) is 18.6. The molecule has 12 heteroatoms. The van der Waals surface area contributed by atoms with Crippen LogP contribution in [0.15, 0.2) is 55.1 Å². The van der Waals surface area contributed by atoms with E-state index in [-0.39, 0.29) is 19.0 Å². The Bertz CT molecular complexity index is 1480. The van der Waals surface area contributed by atoms with Crippen LogP contribution in [0.2, 0.25) is 0 Å². The van der Waals surface area contributed by atoms with E-state index in [0.717, 1.165) is 5.56 Å². The predicted octanol–water partition coefficient (Wildman–Crippen LogP) is 4.30. The molecule has 4 aromatic rings. The highest BCUT2D eigenvalue weighted by molar-refractivity contribution is 5.90. The molecular formula is C27H30N6O6. The summed E-state index contributed by atoms with van der Waals surface area (Å²) >= 11 is 0. The van der Waals surface area contributed by atoms with Gasteiger partial charge in [0.2, 0.25) is 11.8 Å². The minimum Gasteiger partial charge on any atom is -0.493 e. The van der Waals surface area contributed by atoms with Crippen molar-refractivity contribution in [2.75, 3.05) is 19.5 Å². The number of carbonyl (C=O) groups is 2. The maximum Gasteiger partial charge on any atom is 0.407 e. The van der Waals surface area contributed by atoms with Gasteiger partial charge in [0, 0.05) is 18.3 Å². The van der Waals surface area contributed by atoms with Gasteiger partial charge in [-0.25, -0.2) is 14.8 Å². The van der Waals surface area contributed by atoms with Crippen molar-refractivity contribution in [1.82, 2.24) is 25.1 Å². The standard InChI is InChI=1S/C27H30N6O6/c1-27(2,3)39-26(35)28-12-17-7-6-8-18(9-17)32-24(34)15-33-14-19(13-31-33)38-25-20-10-22(36-4)23(37-5)11-21(20)29-16-30-25/h6-11,13-14,16H,12,15H2,1-5H3,(H,28,35)(H,32,34). The minimum atomic E-state index is -0.582. The summed E-state index contributed by atoms with van der Waals surface area (Å²) in [4.78, 5) is 33.0. The monoisotopic (exact) mass is 534 g/mol. The number of rotatable bonds is 9. The van der Waals surface area contributed by atoms with E-state index in [2.05, 4.69) is 25.7 Å². The third kappa shape index (κ3) is 7.34. The molecule has 0 atom stereocenters. The van der Waals surface area contributed by atoms with Gasteiger partial charge >= 0.3 is 6.09 Å². The van der Waals surface area contributed by atoms with E-state index in [1.807, 2.05) is 6.07 Å². The van der Waals surface area contributed by atoms with E-state index in [0.29, 0.717) is 39.7 Å². The second-order valence-corrected chi connectivity index (χ2v) is 9.48. The van der Waals surface area contributed by atoms with Crippen LogP contribution in [0, 0.1) is 0 Å². The smallest absolute Gasteiger partial charge is 0.407 e. The molecule has 2 aromatic carbocycles. The van der Waals surface area contributed by atoms with Crippen molar-refractivity contribution in [1.29, 1.82) is 0 Å². The molecule has 2 N–H and O–H groups in total. The van der Waals surface area contributed by atoms with Crippen molar-refractivity contribution < 1.29 is 28.5 Å².